The van der Waals surface area contributed by atoms with Crippen LogP contribution in [0.3, 0.4) is 0 Å². The Balaban J connectivity index is 2.93. The summed E-state index contributed by atoms with van der Waals surface area (Å²) in [5.41, 5.74) is 0. The highest BCUT2D eigenvalue weighted by Gasteiger charge is 2.33. The predicted molar refractivity (Wildman–Crippen MR) is 50.5 cm³/mol. The second-order valence-electron chi connectivity index (χ2n) is 1.96. The fourth-order valence-corrected chi connectivity index (χ4v) is 2.37. The maximum atomic E-state index is 5.80. The highest BCUT2D eigenvalue weighted by Crippen LogP contribution is 2.17. The minimum absolute atomic E-state index is 0.748. The Kier molecular flexibility index (Phi) is 3.22. The summed E-state index contributed by atoms with van der Waals surface area (Å²) in [6.07, 6.45) is 0. The van der Waals surface area contributed by atoms with E-state index >= 15 is 0 Å². The zero-order valence-corrected chi connectivity index (χ0v) is 8.70. The van der Waals surface area contributed by atoms with E-state index in [2.05, 4.69) is 3.98 Å². The van der Waals surface area contributed by atoms with Crippen molar-refractivity contribution < 1.29 is 3.98 Å². The van der Waals surface area contributed by atoms with Crippen molar-refractivity contribution in [2.75, 3.05) is 0 Å². The lowest BCUT2D eigenvalue weighted by molar-refractivity contribution is 0.663. The van der Waals surface area contributed by atoms with Crippen LogP contribution >= 0.6 is 34.0 Å². The van der Waals surface area contributed by atoms with E-state index in [0.717, 1.165) is 5.19 Å². The lowest BCUT2D eigenvalue weighted by Crippen LogP contribution is -2.37. The van der Waals surface area contributed by atoms with Crippen molar-refractivity contribution in [3.63, 3.8) is 0 Å². The molecule has 0 aliphatic carbocycles. The largest absolute Gasteiger partial charge is 0.440 e. The first-order chi connectivity index (χ1) is 5.17. The molecule has 1 aromatic rings. The first-order valence-corrected chi connectivity index (χ1v) is 7.14. The summed E-state index contributed by atoms with van der Waals surface area (Å²) in [5.74, 6) is 0. The average molecular weight is 228 g/mol. The molecule has 0 spiro atoms. The van der Waals surface area contributed by atoms with Crippen LogP contribution in [0.2, 0.25) is 0 Å². The molecule has 0 N–H and O–H groups in total. The first-order valence-electron chi connectivity index (χ1n) is 2.90. The topological polar surface area (TPSA) is 9.23 Å². The molecule has 0 saturated heterocycles. The van der Waals surface area contributed by atoms with Gasteiger partial charge in [0.15, 0.2) is 0 Å². The van der Waals surface area contributed by atoms with Gasteiger partial charge in [0.2, 0.25) is 0 Å². The lowest BCUT2D eigenvalue weighted by atomic mass is 10.4. The van der Waals surface area contributed by atoms with Gasteiger partial charge in [0.1, 0.15) is 0 Å². The van der Waals surface area contributed by atoms with Gasteiger partial charge >= 0.3 is 6.94 Å². The molecule has 0 heterocycles. The van der Waals surface area contributed by atoms with Crippen LogP contribution < -0.4 is 5.19 Å². The quantitative estimate of drug-likeness (QED) is 0.557. The van der Waals surface area contributed by atoms with E-state index in [-0.39, 0.29) is 0 Å². The van der Waals surface area contributed by atoms with Crippen molar-refractivity contribution in [2.45, 2.75) is 0 Å². The van der Waals surface area contributed by atoms with E-state index in [4.69, 9.17) is 34.0 Å². The van der Waals surface area contributed by atoms with Crippen molar-refractivity contribution in [1.82, 2.24) is 0 Å². The molecule has 60 valence electrons. The Bertz CT molecular complexity index is 227. The number of benzene rings is 1. The van der Waals surface area contributed by atoms with Crippen molar-refractivity contribution in [2.24, 2.45) is 0 Å². The first kappa shape index (κ1) is 9.36. The highest BCUT2D eigenvalue weighted by molar-refractivity contribution is 7.48. The van der Waals surface area contributed by atoms with E-state index < -0.39 is 6.94 Å². The van der Waals surface area contributed by atoms with Crippen molar-refractivity contribution in [3.05, 3.63) is 30.3 Å². The van der Waals surface area contributed by atoms with E-state index in [9.17, 15) is 0 Å². The molecule has 0 unspecified atom stereocenters. The maximum Gasteiger partial charge on any atom is 0.440 e. The molecule has 0 fully saturated rings. The zero-order chi connectivity index (χ0) is 8.32. The standard InChI is InChI=1S/C6H5Cl3OSi/c7-10-11(8,9)6-4-2-1-3-5-6/h1-5H. The average Bonchev–Trinajstić information content (AvgIpc) is 2.06. The summed E-state index contributed by atoms with van der Waals surface area (Å²) in [7, 11) is 0. The number of hydrogen-bond acceptors (Lipinski definition) is 1. The Morgan fingerprint density at radius 3 is 2.09 bits per heavy atom. The molecule has 0 amide bonds. The monoisotopic (exact) mass is 226 g/mol. The molecule has 0 saturated carbocycles. The minimum atomic E-state index is -2.84. The molecule has 11 heavy (non-hydrogen) atoms. The van der Waals surface area contributed by atoms with Crippen LogP contribution in [0.25, 0.3) is 0 Å². The molecule has 0 aliphatic heterocycles. The molecule has 5 heteroatoms. The molecule has 1 aromatic carbocycles. The molecule has 0 bridgehead atoms. The SMILES string of the molecule is ClO[Si](Cl)(Cl)c1ccccc1. The maximum absolute atomic E-state index is 5.80. The fourth-order valence-electron chi connectivity index (χ4n) is 0.677. The van der Waals surface area contributed by atoms with Gasteiger partial charge in [-0.05, 0) is 5.19 Å². The minimum Gasteiger partial charge on any atom is -0.284 e. The van der Waals surface area contributed by atoms with Gasteiger partial charge in [-0.1, -0.05) is 30.3 Å². The van der Waals surface area contributed by atoms with Crippen molar-refractivity contribution in [1.29, 1.82) is 0 Å². The Morgan fingerprint density at radius 2 is 1.64 bits per heavy atom. The van der Waals surface area contributed by atoms with Crippen LogP contribution in [0.15, 0.2) is 30.3 Å². The van der Waals surface area contributed by atoms with Crippen molar-refractivity contribution >= 4 is 46.1 Å². The van der Waals surface area contributed by atoms with Gasteiger partial charge in [-0.15, -0.1) is 22.2 Å². The molecular formula is C6H5Cl3OSi. The summed E-state index contributed by atoms with van der Waals surface area (Å²) in [4.78, 5) is 0. The van der Waals surface area contributed by atoms with E-state index in [0.29, 0.717) is 0 Å². The third-order valence-electron chi connectivity index (χ3n) is 1.21. The van der Waals surface area contributed by atoms with E-state index in [1.807, 2.05) is 18.2 Å². The third kappa shape index (κ3) is 2.35. The van der Waals surface area contributed by atoms with Gasteiger partial charge in [0, 0.05) is 0 Å². The smallest absolute Gasteiger partial charge is 0.284 e. The summed E-state index contributed by atoms with van der Waals surface area (Å²) in [5, 5.41) is 0.748. The molecule has 1 nitrogen and oxygen atoms in total. The van der Waals surface area contributed by atoms with Gasteiger partial charge in [0.05, 0.1) is 11.9 Å². The van der Waals surface area contributed by atoms with Crippen LogP contribution in [-0.4, -0.2) is 6.94 Å². The number of rotatable bonds is 2. The molecule has 0 aromatic heterocycles. The molecule has 1 rings (SSSR count). The molecule has 0 radical (unpaired) electrons. The molecular weight excluding hydrogens is 223 g/mol. The third-order valence-corrected chi connectivity index (χ3v) is 5.35. The summed E-state index contributed by atoms with van der Waals surface area (Å²) < 4.78 is 4.47. The molecule has 0 atom stereocenters. The summed E-state index contributed by atoms with van der Waals surface area (Å²) in [6, 6.07) is 9.11. The van der Waals surface area contributed by atoms with Gasteiger partial charge < -0.3 is 0 Å². The fraction of sp³-hybridized carbons (Fsp3) is 0. The predicted octanol–water partition coefficient (Wildman–Crippen LogP) is 2.48. The summed E-state index contributed by atoms with van der Waals surface area (Å²) in [6.45, 7) is -2.84. The zero-order valence-electron chi connectivity index (χ0n) is 5.43. The second-order valence-corrected chi connectivity index (χ2v) is 7.96. The van der Waals surface area contributed by atoms with Crippen LogP contribution in [0.1, 0.15) is 0 Å². The molecule has 0 aliphatic rings. The normalized spacial score (nSPS) is 11.5. The van der Waals surface area contributed by atoms with Crippen LogP contribution in [0.5, 0.6) is 0 Å². The Hall–Kier alpha value is 0.267. The van der Waals surface area contributed by atoms with Crippen molar-refractivity contribution in [3.8, 4) is 0 Å². The van der Waals surface area contributed by atoms with Crippen LogP contribution in [0, 0.1) is 0 Å². The van der Waals surface area contributed by atoms with E-state index in [1.54, 1.807) is 12.1 Å². The lowest BCUT2D eigenvalue weighted by Gasteiger charge is -2.10. The Morgan fingerprint density at radius 1 is 1.09 bits per heavy atom. The van der Waals surface area contributed by atoms with E-state index in [1.165, 1.54) is 0 Å². The van der Waals surface area contributed by atoms with Gasteiger partial charge in [-0.25, -0.2) is 0 Å². The van der Waals surface area contributed by atoms with Gasteiger partial charge in [-0.2, -0.15) is 0 Å². The number of halogens is 3. The summed E-state index contributed by atoms with van der Waals surface area (Å²) >= 11 is 16.7. The van der Waals surface area contributed by atoms with Gasteiger partial charge in [0.25, 0.3) is 0 Å². The number of hydrogen-bond donors (Lipinski definition) is 0. The highest BCUT2D eigenvalue weighted by atomic mass is 35.7. The second kappa shape index (κ2) is 3.78. The van der Waals surface area contributed by atoms with Gasteiger partial charge in [-0.3, -0.25) is 3.98 Å². The van der Waals surface area contributed by atoms with Crippen LogP contribution in [-0.2, 0) is 3.98 Å². The Labute approximate surface area is 80.5 Å². The van der Waals surface area contributed by atoms with Crippen LogP contribution in [0.4, 0.5) is 0 Å².